The molecule has 2 aromatic rings. The van der Waals surface area contributed by atoms with Crippen molar-refractivity contribution in [2.45, 2.75) is 5.33 Å². The van der Waals surface area contributed by atoms with Crippen LogP contribution in [-0.4, -0.2) is 6.79 Å². The lowest BCUT2D eigenvalue weighted by Gasteiger charge is -2.09. The monoisotopic (exact) mass is 384 g/mol. The van der Waals surface area contributed by atoms with Crippen molar-refractivity contribution in [2.75, 3.05) is 6.79 Å². The van der Waals surface area contributed by atoms with Gasteiger partial charge in [-0.2, -0.15) is 0 Å². The summed E-state index contributed by atoms with van der Waals surface area (Å²) in [4.78, 5) is 0. The van der Waals surface area contributed by atoms with Crippen LogP contribution in [0.2, 0.25) is 0 Å². The molecule has 3 rings (SSSR count). The van der Waals surface area contributed by atoms with Gasteiger partial charge in [0.1, 0.15) is 11.5 Å². The number of alkyl halides is 1. The maximum atomic E-state index is 5.84. The molecule has 98 valence electrons. The lowest BCUT2D eigenvalue weighted by atomic mass is 10.2. The van der Waals surface area contributed by atoms with E-state index in [1.54, 1.807) is 0 Å². The van der Waals surface area contributed by atoms with Crippen molar-refractivity contribution in [3.63, 3.8) is 0 Å². The summed E-state index contributed by atoms with van der Waals surface area (Å²) in [6.45, 7) is 0.266. The first-order valence-electron chi connectivity index (χ1n) is 5.68. The third kappa shape index (κ3) is 2.72. The molecule has 0 fully saturated rings. The van der Waals surface area contributed by atoms with Gasteiger partial charge in [-0.15, -0.1) is 0 Å². The summed E-state index contributed by atoms with van der Waals surface area (Å²) in [5.41, 5.74) is 1.19. The van der Waals surface area contributed by atoms with E-state index in [0.717, 1.165) is 27.1 Å². The average Bonchev–Trinajstić information content (AvgIpc) is 2.88. The van der Waals surface area contributed by atoms with Crippen LogP contribution in [0.15, 0.2) is 40.9 Å². The van der Waals surface area contributed by atoms with Crippen LogP contribution in [0.4, 0.5) is 0 Å². The molecule has 3 nitrogen and oxygen atoms in total. The van der Waals surface area contributed by atoms with E-state index in [2.05, 4.69) is 31.9 Å². The fourth-order valence-corrected chi connectivity index (χ4v) is 2.63. The van der Waals surface area contributed by atoms with Crippen molar-refractivity contribution in [2.24, 2.45) is 0 Å². The Hall–Kier alpha value is -1.20. The quantitative estimate of drug-likeness (QED) is 0.705. The minimum atomic E-state index is 0.266. The standard InChI is InChI=1S/C14H10Br2O3/c15-7-9-1-3-12(11(16)5-9)19-10-2-4-13-14(6-10)18-8-17-13/h1-6H,7-8H2. The molecule has 1 heterocycles. The molecule has 0 N–H and O–H groups in total. The predicted molar refractivity (Wildman–Crippen MR) is 79.4 cm³/mol. The summed E-state index contributed by atoms with van der Waals surface area (Å²) in [6, 6.07) is 11.5. The van der Waals surface area contributed by atoms with Gasteiger partial charge in [0.25, 0.3) is 0 Å². The number of fused-ring (bicyclic) bond motifs is 1. The third-order valence-corrected chi connectivity index (χ3v) is 3.99. The van der Waals surface area contributed by atoms with Crippen molar-refractivity contribution in [1.29, 1.82) is 0 Å². The van der Waals surface area contributed by atoms with Crippen molar-refractivity contribution in [3.05, 3.63) is 46.4 Å². The van der Waals surface area contributed by atoms with Crippen LogP contribution in [0.5, 0.6) is 23.0 Å². The Morgan fingerprint density at radius 3 is 2.68 bits per heavy atom. The zero-order chi connectivity index (χ0) is 13.2. The van der Waals surface area contributed by atoms with Gasteiger partial charge in [-0.05, 0) is 45.8 Å². The van der Waals surface area contributed by atoms with Gasteiger partial charge in [0.2, 0.25) is 6.79 Å². The fraction of sp³-hybridized carbons (Fsp3) is 0.143. The highest BCUT2D eigenvalue weighted by molar-refractivity contribution is 9.10. The number of rotatable bonds is 3. The lowest BCUT2D eigenvalue weighted by Crippen LogP contribution is -1.92. The highest BCUT2D eigenvalue weighted by atomic mass is 79.9. The first kappa shape index (κ1) is 12.8. The number of ether oxygens (including phenoxy) is 3. The second-order valence-corrected chi connectivity index (χ2v) is 5.43. The summed E-state index contributed by atoms with van der Waals surface area (Å²) in [5.74, 6) is 2.95. The molecule has 1 aliphatic heterocycles. The highest BCUT2D eigenvalue weighted by Crippen LogP contribution is 2.38. The van der Waals surface area contributed by atoms with Crippen LogP contribution >= 0.6 is 31.9 Å². The summed E-state index contributed by atoms with van der Waals surface area (Å²) in [6.07, 6.45) is 0. The van der Waals surface area contributed by atoms with E-state index in [0.29, 0.717) is 5.75 Å². The fourth-order valence-electron chi connectivity index (χ4n) is 1.78. The van der Waals surface area contributed by atoms with Gasteiger partial charge in [0.15, 0.2) is 11.5 Å². The van der Waals surface area contributed by atoms with Crippen LogP contribution in [0.3, 0.4) is 0 Å². The van der Waals surface area contributed by atoms with Crippen LogP contribution in [0.25, 0.3) is 0 Å². The number of hydrogen-bond donors (Lipinski definition) is 0. The molecule has 0 spiro atoms. The molecule has 0 atom stereocenters. The molecule has 0 saturated carbocycles. The van der Waals surface area contributed by atoms with Gasteiger partial charge in [0.05, 0.1) is 4.47 Å². The largest absolute Gasteiger partial charge is 0.456 e. The van der Waals surface area contributed by atoms with Crippen LogP contribution < -0.4 is 14.2 Å². The molecule has 1 aliphatic rings. The van der Waals surface area contributed by atoms with E-state index in [9.17, 15) is 0 Å². The Bertz CT molecular complexity index is 614. The van der Waals surface area contributed by atoms with E-state index < -0.39 is 0 Å². The van der Waals surface area contributed by atoms with E-state index in [-0.39, 0.29) is 6.79 Å². The van der Waals surface area contributed by atoms with Gasteiger partial charge in [-0.25, -0.2) is 0 Å². The van der Waals surface area contributed by atoms with E-state index in [1.165, 1.54) is 5.56 Å². The van der Waals surface area contributed by atoms with Gasteiger partial charge < -0.3 is 14.2 Å². The van der Waals surface area contributed by atoms with Crippen molar-refractivity contribution >= 4 is 31.9 Å². The maximum absolute atomic E-state index is 5.84. The van der Waals surface area contributed by atoms with Crippen molar-refractivity contribution in [1.82, 2.24) is 0 Å². The lowest BCUT2D eigenvalue weighted by molar-refractivity contribution is 0.174. The zero-order valence-electron chi connectivity index (χ0n) is 9.86. The molecule has 0 aromatic heterocycles. The van der Waals surface area contributed by atoms with Crippen LogP contribution in [0.1, 0.15) is 5.56 Å². The molecule has 0 unspecified atom stereocenters. The van der Waals surface area contributed by atoms with E-state index in [4.69, 9.17) is 14.2 Å². The average molecular weight is 386 g/mol. The Balaban J connectivity index is 1.85. The number of benzene rings is 2. The third-order valence-electron chi connectivity index (χ3n) is 2.72. The van der Waals surface area contributed by atoms with Crippen molar-refractivity contribution < 1.29 is 14.2 Å². The molecular weight excluding hydrogens is 376 g/mol. The Morgan fingerprint density at radius 2 is 1.89 bits per heavy atom. The van der Waals surface area contributed by atoms with Gasteiger partial charge in [0, 0.05) is 11.4 Å². The Morgan fingerprint density at radius 1 is 1.05 bits per heavy atom. The van der Waals surface area contributed by atoms with Gasteiger partial charge in [-0.3, -0.25) is 0 Å². The molecule has 0 aliphatic carbocycles. The first-order chi connectivity index (χ1) is 9.26. The Labute approximate surface area is 127 Å². The molecule has 5 heteroatoms. The molecule has 2 aromatic carbocycles. The molecule has 19 heavy (non-hydrogen) atoms. The summed E-state index contributed by atoms with van der Waals surface area (Å²) in [7, 11) is 0. The molecular formula is C14H10Br2O3. The van der Waals surface area contributed by atoms with Gasteiger partial charge in [-0.1, -0.05) is 22.0 Å². The topological polar surface area (TPSA) is 27.7 Å². The molecule has 0 amide bonds. The first-order valence-corrected chi connectivity index (χ1v) is 7.59. The van der Waals surface area contributed by atoms with Crippen LogP contribution in [0, 0.1) is 0 Å². The molecule has 0 radical (unpaired) electrons. The minimum Gasteiger partial charge on any atom is -0.456 e. The normalized spacial score (nSPS) is 12.5. The zero-order valence-corrected chi connectivity index (χ0v) is 13.0. The molecule has 0 saturated heterocycles. The predicted octanol–water partition coefficient (Wildman–Crippen LogP) is 4.87. The second-order valence-electron chi connectivity index (χ2n) is 4.02. The number of hydrogen-bond acceptors (Lipinski definition) is 3. The number of halogens is 2. The summed E-state index contributed by atoms with van der Waals surface area (Å²) >= 11 is 6.93. The highest BCUT2D eigenvalue weighted by Gasteiger charge is 2.14. The van der Waals surface area contributed by atoms with Gasteiger partial charge >= 0.3 is 0 Å². The SMILES string of the molecule is BrCc1ccc(Oc2ccc3c(c2)OCO3)c(Br)c1. The summed E-state index contributed by atoms with van der Waals surface area (Å²) in [5, 5.41) is 0.815. The molecule has 0 bridgehead atoms. The van der Waals surface area contributed by atoms with E-state index in [1.807, 2.05) is 36.4 Å². The smallest absolute Gasteiger partial charge is 0.231 e. The summed E-state index contributed by atoms with van der Waals surface area (Å²) < 4.78 is 17.3. The maximum Gasteiger partial charge on any atom is 0.231 e. The van der Waals surface area contributed by atoms with Crippen LogP contribution in [-0.2, 0) is 5.33 Å². The minimum absolute atomic E-state index is 0.266. The van der Waals surface area contributed by atoms with Crippen molar-refractivity contribution in [3.8, 4) is 23.0 Å². The Kier molecular flexibility index (Phi) is 3.66. The second kappa shape index (κ2) is 5.43. The van der Waals surface area contributed by atoms with E-state index >= 15 is 0 Å².